The molecule has 0 radical (unpaired) electrons. The van der Waals surface area contributed by atoms with Crippen molar-refractivity contribution in [3.05, 3.63) is 65.0 Å². The van der Waals surface area contributed by atoms with E-state index in [1.807, 2.05) is 5.32 Å². The van der Waals surface area contributed by atoms with Crippen molar-refractivity contribution in [2.75, 3.05) is 5.32 Å². The lowest BCUT2D eigenvalue weighted by Crippen LogP contribution is -2.46. The molecular formula is C18H14F4N2O4S. The maximum absolute atomic E-state index is 13.1. The Morgan fingerprint density at radius 1 is 1.17 bits per heavy atom. The lowest BCUT2D eigenvalue weighted by Gasteiger charge is -2.28. The summed E-state index contributed by atoms with van der Waals surface area (Å²) in [5.41, 5.74) is -5.06. The topological polar surface area (TPSA) is 107 Å². The molecule has 0 spiro atoms. The molecule has 0 saturated carbocycles. The van der Waals surface area contributed by atoms with Gasteiger partial charge in [-0.3, -0.25) is 4.79 Å². The summed E-state index contributed by atoms with van der Waals surface area (Å²) in [6, 6.07) is 7.72. The van der Waals surface area contributed by atoms with E-state index >= 15 is 0 Å². The fourth-order valence-corrected chi connectivity index (χ4v) is 3.58. The van der Waals surface area contributed by atoms with Crippen LogP contribution in [0, 0.1) is 17.1 Å². The number of rotatable bonds is 5. The molecule has 0 aliphatic rings. The van der Waals surface area contributed by atoms with E-state index in [-0.39, 0.29) is 5.56 Å². The minimum absolute atomic E-state index is 0.0847. The average molecular weight is 430 g/mol. The summed E-state index contributed by atoms with van der Waals surface area (Å²) in [6.45, 7) is 0.871. The molecule has 2 rings (SSSR count). The number of amides is 1. The molecule has 29 heavy (non-hydrogen) atoms. The van der Waals surface area contributed by atoms with Gasteiger partial charge in [0.1, 0.15) is 11.1 Å². The van der Waals surface area contributed by atoms with Crippen LogP contribution in [0.5, 0.6) is 0 Å². The highest BCUT2D eigenvalue weighted by molar-refractivity contribution is 7.72. The largest absolute Gasteiger partial charge is 0.417 e. The highest BCUT2D eigenvalue weighted by Crippen LogP contribution is 2.35. The molecule has 0 aliphatic heterocycles. The quantitative estimate of drug-likeness (QED) is 0.500. The van der Waals surface area contributed by atoms with E-state index in [0.29, 0.717) is 6.07 Å². The smallest absolute Gasteiger partial charge is 0.379 e. The number of hydrogen-bond acceptors (Lipinski definition) is 5. The van der Waals surface area contributed by atoms with Crippen molar-refractivity contribution in [1.82, 2.24) is 0 Å². The number of thiol groups is 1. The van der Waals surface area contributed by atoms with E-state index in [0.717, 1.165) is 43.3 Å². The standard InChI is InChI=1S/C18H14F4N2O4S/c1-17(26,15(29(27)28)10-2-5-12(19)6-3-10)16(25)24-13-7-4-11(9-23)14(8-13)18(20,21)22/h2-8,15,26,29H,1H3,(H,24,25). The van der Waals surface area contributed by atoms with Gasteiger partial charge in [0.05, 0.1) is 17.2 Å². The second-order valence-corrected chi connectivity index (χ2v) is 7.30. The molecule has 0 heterocycles. The Morgan fingerprint density at radius 3 is 2.24 bits per heavy atom. The summed E-state index contributed by atoms with van der Waals surface area (Å²) in [7, 11) is -3.43. The van der Waals surface area contributed by atoms with Crippen molar-refractivity contribution in [2.24, 2.45) is 0 Å². The highest BCUT2D eigenvalue weighted by Gasteiger charge is 2.43. The van der Waals surface area contributed by atoms with Gasteiger partial charge in [-0.15, -0.1) is 0 Å². The lowest BCUT2D eigenvalue weighted by atomic mass is 9.94. The van der Waals surface area contributed by atoms with Gasteiger partial charge in [-0.25, -0.2) is 12.8 Å². The van der Waals surface area contributed by atoms with Crippen molar-refractivity contribution in [3.8, 4) is 6.07 Å². The molecule has 11 heteroatoms. The van der Waals surface area contributed by atoms with E-state index in [9.17, 15) is 35.9 Å². The number of aliphatic hydroxyl groups is 1. The molecule has 2 aromatic carbocycles. The second kappa shape index (κ2) is 8.18. The van der Waals surface area contributed by atoms with Crippen LogP contribution >= 0.6 is 0 Å². The van der Waals surface area contributed by atoms with Gasteiger partial charge < -0.3 is 10.4 Å². The number of anilines is 1. The van der Waals surface area contributed by atoms with Crippen LogP contribution in [0.2, 0.25) is 0 Å². The van der Waals surface area contributed by atoms with Crippen LogP contribution in [0.4, 0.5) is 23.2 Å². The minimum Gasteiger partial charge on any atom is -0.379 e. The van der Waals surface area contributed by atoms with Gasteiger partial charge in [0.25, 0.3) is 5.91 Å². The van der Waals surface area contributed by atoms with Crippen LogP contribution in [0.25, 0.3) is 0 Å². The summed E-state index contributed by atoms with van der Waals surface area (Å²) >= 11 is 0. The van der Waals surface area contributed by atoms with Crippen molar-refractivity contribution in [3.63, 3.8) is 0 Å². The van der Waals surface area contributed by atoms with Crippen molar-refractivity contribution in [2.45, 2.75) is 24.0 Å². The summed E-state index contributed by atoms with van der Waals surface area (Å²) in [5, 5.41) is 19.6. The van der Waals surface area contributed by atoms with E-state index in [1.54, 1.807) is 0 Å². The number of carbonyl (C=O) groups is 1. The van der Waals surface area contributed by atoms with Crippen LogP contribution < -0.4 is 5.32 Å². The molecule has 0 saturated heterocycles. The highest BCUT2D eigenvalue weighted by atomic mass is 32.2. The summed E-state index contributed by atoms with van der Waals surface area (Å²) in [5.74, 6) is -1.97. The molecule has 6 nitrogen and oxygen atoms in total. The Kier molecular flexibility index (Phi) is 6.30. The molecule has 0 bridgehead atoms. The number of benzene rings is 2. The first-order valence-corrected chi connectivity index (χ1v) is 9.16. The zero-order valence-corrected chi connectivity index (χ0v) is 15.6. The predicted molar refractivity (Wildman–Crippen MR) is 94.9 cm³/mol. The van der Waals surface area contributed by atoms with Gasteiger partial charge in [-0.1, -0.05) is 12.1 Å². The fraction of sp³-hybridized carbons (Fsp3) is 0.222. The second-order valence-electron chi connectivity index (χ2n) is 6.21. The predicted octanol–water partition coefficient (Wildman–Crippen LogP) is 2.76. The third-order valence-corrected chi connectivity index (χ3v) is 5.31. The SMILES string of the molecule is CC(O)(C(=O)Nc1ccc(C#N)c(C(F)(F)F)c1)C(c1ccc(F)cc1)[SH](=O)=O. The van der Waals surface area contributed by atoms with Crippen LogP contribution in [0.3, 0.4) is 0 Å². The maximum Gasteiger partial charge on any atom is 0.417 e. The summed E-state index contributed by atoms with van der Waals surface area (Å²) in [6.07, 6.45) is -4.87. The number of nitrogens with one attached hydrogen (secondary N) is 1. The lowest BCUT2D eigenvalue weighted by molar-refractivity contribution is -0.138. The monoisotopic (exact) mass is 430 g/mol. The van der Waals surface area contributed by atoms with Crippen molar-refractivity contribution < 1.29 is 35.9 Å². The normalized spacial score (nSPS) is 14.7. The fourth-order valence-electron chi connectivity index (χ4n) is 2.63. The van der Waals surface area contributed by atoms with Gasteiger partial charge in [0, 0.05) is 5.69 Å². The van der Waals surface area contributed by atoms with Gasteiger partial charge in [0.15, 0.2) is 16.3 Å². The number of nitriles is 1. The van der Waals surface area contributed by atoms with Crippen LogP contribution in [0.15, 0.2) is 42.5 Å². The van der Waals surface area contributed by atoms with Crippen molar-refractivity contribution >= 4 is 22.3 Å². The number of halogens is 4. The number of alkyl halides is 3. The molecule has 2 N–H and O–H groups in total. The summed E-state index contributed by atoms with van der Waals surface area (Å²) in [4.78, 5) is 12.5. The van der Waals surface area contributed by atoms with Gasteiger partial charge in [-0.2, -0.15) is 18.4 Å². The molecule has 1 amide bonds. The van der Waals surface area contributed by atoms with Crippen LogP contribution in [0.1, 0.15) is 28.9 Å². The average Bonchev–Trinajstić information content (AvgIpc) is 2.62. The Bertz CT molecular complexity index is 1030. The molecule has 2 unspecified atom stereocenters. The first-order chi connectivity index (χ1) is 13.4. The number of carbonyl (C=O) groups excluding carboxylic acids is 1. The van der Waals surface area contributed by atoms with Gasteiger partial charge in [-0.05, 0) is 42.8 Å². The first kappa shape index (κ1) is 22.3. The van der Waals surface area contributed by atoms with Gasteiger partial charge in [0.2, 0.25) is 0 Å². The molecule has 0 aromatic heterocycles. The third-order valence-electron chi connectivity index (χ3n) is 4.09. The van der Waals surface area contributed by atoms with Gasteiger partial charge >= 0.3 is 6.18 Å². The van der Waals surface area contributed by atoms with Crippen LogP contribution in [-0.4, -0.2) is 25.0 Å². The van der Waals surface area contributed by atoms with Crippen LogP contribution in [-0.2, 0) is 21.7 Å². The molecule has 0 aliphatic carbocycles. The van der Waals surface area contributed by atoms with E-state index < -0.39 is 56.3 Å². The Morgan fingerprint density at radius 2 is 1.76 bits per heavy atom. The maximum atomic E-state index is 13.1. The molecule has 154 valence electrons. The minimum atomic E-state index is -4.87. The molecule has 2 atom stereocenters. The Hall–Kier alpha value is -2.97. The molecule has 2 aromatic rings. The molecular weight excluding hydrogens is 416 g/mol. The van der Waals surface area contributed by atoms with E-state index in [2.05, 4.69) is 0 Å². The van der Waals surface area contributed by atoms with E-state index in [4.69, 9.17) is 5.26 Å². The zero-order valence-electron chi connectivity index (χ0n) is 14.7. The van der Waals surface area contributed by atoms with E-state index in [1.165, 1.54) is 6.07 Å². The number of hydrogen-bond donors (Lipinski definition) is 3. The third kappa shape index (κ3) is 4.90. The Labute approximate surface area is 164 Å². The summed E-state index contributed by atoms with van der Waals surface area (Å²) < 4.78 is 75.6. The number of nitrogens with zero attached hydrogens (tertiary/aromatic N) is 1. The van der Waals surface area contributed by atoms with Crippen molar-refractivity contribution in [1.29, 1.82) is 5.26 Å². The Balaban J connectivity index is 2.40. The first-order valence-electron chi connectivity index (χ1n) is 7.92. The zero-order chi connectivity index (χ0) is 22.0. The molecule has 0 fully saturated rings.